The van der Waals surface area contributed by atoms with Crippen molar-refractivity contribution in [1.29, 1.82) is 0 Å². The highest BCUT2D eigenvalue weighted by atomic mass is 35.5. The molecule has 0 aliphatic heterocycles. The minimum Gasteiger partial charge on any atom is -0.378 e. The van der Waals surface area contributed by atoms with Crippen LogP contribution < -0.4 is 15.5 Å². The molecule has 7 heteroatoms. The largest absolute Gasteiger partial charge is 0.378 e. The zero-order valence-corrected chi connectivity index (χ0v) is 15.9. The van der Waals surface area contributed by atoms with Crippen molar-refractivity contribution in [3.8, 4) is 0 Å². The summed E-state index contributed by atoms with van der Waals surface area (Å²) in [5.41, 5.74) is 2.97. The normalized spacial score (nSPS) is 10.3. The van der Waals surface area contributed by atoms with Crippen molar-refractivity contribution in [3.05, 3.63) is 77.2 Å². The summed E-state index contributed by atoms with van der Waals surface area (Å²) in [7, 11) is 3.93. The van der Waals surface area contributed by atoms with E-state index in [1.807, 2.05) is 67.5 Å². The van der Waals surface area contributed by atoms with Gasteiger partial charge in [0, 0.05) is 37.0 Å². The molecule has 27 heavy (non-hydrogen) atoms. The summed E-state index contributed by atoms with van der Waals surface area (Å²) < 4.78 is 0. The van der Waals surface area contributed by atoms with E-state index in [1.165, 1.54) is 12.4 Å². The summed E-state index contributed by atoms with van der Waals surface area (Å²) in [6.07, 6.45) is 2.97. The number of benzene rings is 2. The highest BCUT2D eigenvalue weighted by molar-refractivity contribution is 6.31. The van der Waals surface area contributed by atoms with Gasteiger partial charge in [-0.25, -0.2) is 9.97 Å². The van der Waals surface area contributed by atoms with Gasteiger partial charge >= 0.3 is 0 Å². The molecule has 0 saturated heterocycles. The second-order valence-electron chi connectivity index (χ2n) is 6.13. The van der Waals surface area contributed by atoms with Crippen molar-refractivity contribution in [2.45, 2.75) is 6.54 Å². The Hall–Kier alpha value is -3.12. The van der Waals surface area contributed by atoms with Crippen LogP contribution in [0.25, 0.3) is 0 Å². The number of amides is 1. The summed E-state index contributed by atoms with van der Waals surface area (Å²) in [6, 6.07) is 15.1. The lowest BCUT2D eigenvalue weighted by molar-refractivity contribution is 0.102. The third kappa shape index (κ3) is 4.95. The van der Waals surface area contributed by atoms with E-state index in [-0.39, 0.29) is 11.6 Å². The number of halogens is 1. The molecule has 2 aromatic carbocycles. The minimum atomic E-state index is -0.308. The number of carbonyl (C=O) groups excluding carboxylic acids is 1. The Kier molecular flexibility index (Phi) is 5.88. The zero-order valence-electron chi connectivity index (χ0n) is 15.1. The van der Waals surface area contributed by atoms with Gasteiger partial charge in [-0.3, -0.25) is 4.79 Å². The molecule has 0 aliphatic rings. The Labute approximate surface area is 163 Å². The first-order valence-electron chi connectivity index (χ1n) is 8.41. The molecule has 0 atom stereocenters. The van der Waals surface area contributed by atoms with Crippen LogP contribution in [-0.2, 0) is 6.54 Å². The monoisotopic (exact) mass is 381 g/mol. The minimum absolute atomic E-state index is 0.245. The van der Waals surface area contributed by atoms with Gasteiger partial charge in [-0.1, -0.05) is 29.8 Å². The second-order valence-corrected chi connectivity index (χ2v) is 6.53. The molecule has 3 aromatic rings. The molecule has 1 amide bonds. The van der Waals surface area contributed by atoms with Gasteiger partial charge in [0.15, 0.2) is 0 Å². The van der Waals surface area contributed by atoms with Crippen molar-refractivity contribution >= 4 is 34.7 Å². The quantitative estimate of drug-likeness (QED) is 0.673. The van der Waals surface area contributed by atoms with Gasteiger partial charge in [-0.15, -0.1) is 0 Å². The molecule has 138 valence electrons. The van der Waals surface area contributed by atoms with E-state index in [4.69, 9.17) is 11.6 Å². The van der Waals surface area contributed by atoms with Gasteiger partial charge in [-0.2, -0.15) is 0 Å². The van der Waals surface area contributed by atoms with Crippen LogP contribution in [0.1, 0.15) is 16.1 Å². The van der Waals surface area contributed by atoms with E-state index in [9.17, 15) is 4.79 Å². The molecular weight excluding hydrogens is 362 g/mol. The number of hydrogen-bond donors (Lipinski definition) is 2. The van der Waals surface area contributed by atoms with E-state index >= 15 is 0 Å². The molecule has 0 saturated carbocycles. The average Bonchev–Trinajstić information content (AvgIpc) is 2.68. The van der Waals surface area contributed by atoms with Crippen LogP contribution in [0.5, 0.6) is 0 Å². The highest BCUT2D eigenvalue weighted by Gasteiger charge is 2.09. The molecule has 0 spiro atoms. The van der Waals surface area contributed by atoms with Gasteiger partial charge in [0.1, 0.15) is 11.5 Å². The molecule has 0 fully saturated rings. The van der Waals surface area contributed by atoms with Gasteiger partial charge in [0.2, 0.25) is 0 Å². The summed E-state index contributed by atoms with van der Waals surface area (Å²) in [5, 5.41) is 6.64. The van der Waals surface area contributed by atoms with E-state index in [0.29, 0.717) is 23.1 Å². The van der Waals surface area contributed by atoms with Crippen molar-refractivity contribution in [2.24, 2.45) is 0 Å². The molecular formula is C20H20ClN5O. The van der Waals surface area contributed by atoms with E-state index in [1.54, 1.807) is 0 Å². The molecule has 0 aliphatic carbocycles. The number of carbonyl (C=O) groups is 1. The zero-order chi connectivity index (χ0) is 19.2. The van der Waals surface area contributed by atoms with Gasteiger partial charge in [-0.05, 0) is 35.9 Å². The van der Waals surface area contributed by atoms with E-state index < -0.39 is 0 Å². The van der Waals surface area contributed by atoms with Crippen LogP contribution in [0.3, 0.4) is 0 Å². The maximum Gasteiger partial charge on any atom is 0.275 e. The Morgan fingerprint density at radius 1 is 1.04 bits per heavy atom. The van der Waals surface area contributed by atoms with Crippen molar-refractivity contribution in [1.82, 2.24) is 9.97 Å². The van der Waals surface area contributed by atoms with Crippen LogP contribution in [0, 0.1) is 0 Å². The number of nitrogens with one attached hydrogen (secondary N) is 2. The third-order valence-electron chi connectivity index (χ3n) is 3.94. The topological polar surface area (TPSA) is 70.2 Å². The number of nitrogens with zero attached hydrogens (tertiary/aromatic N) is 3. The molecule has 1 heterocycles. The summed E-state index contributed by atoms with van der Waals surface area (Å²) in [4.78, 5) is 22.7. The van der Waals surface area contributed by atoms with Gasteiger partial charge < -0.3 is 15.5 Å². The third-order valence-corrected chi connectivity index (χ3v) is 4.31. The smallest absolute Gasteiger partial charge is 0.275 e. The molecule has 6 nitrogen and oxygen atoms in total. The Morgan fingerprint density at radius 2 is 1.78 bits per heavy atom. The van der Waals surface area contributed by atoms with Crippen LogP contribution in [-0.4, -0.2) is 30.0 Å². The lowest BCUT2D eigenvalue weighted by Gasteiger charge is -2.13. The number of aromatic nitrogens is 2. The van der Waals surface area contributed by atoms with Crippen LogP contribution in [0.15, 0.2) is 60.9 Å². The Balaban J connectivity index is 1.59. The molecule has 2 N–H and O–H groups in total. The lowest BCUT2D eigenvalue weighted by atomic mass is 10.2. The Bertz CT molecular complexity index is 910. The maximum absolute atomic E-state index is 12.3. The molecule has 0 radical (unpaired) electrons. The summed E-state index contributed by atoms with van der Waals surface area (Å²) >= 11 is 6.13. The molecule has 0 bridgehead atoms. The fourth-order valence-electron chi connectivity index (χ4n) is 2.40. The van der Waals surface area contributed by atoms with Crippen LogP contribution in [0.2, 0.25) is 5.02 Å². The number of rotatable bonds is 6. The maximum atomic E-state index is 12.3. The SMILES string of the molecule is CN(C)c1ccc(NC(=O)c2cnc(NCc3ccccc3Cl)cn2)cc1. The predicted molar refractivity (Wildman–Crippen MR) is 110 cm³/mol. The van der Waals surface area contributed by atoms with Crippen molar-refractivity contribution in [2.75, 3.05) is 29.6 Å². The predicted octanol–water partition coefficient (Wildman–Crippen LogP) is 4.06. The highest BCUT2D eigenvalue weighted by Crippen LogP contribution is 2.17. The van der Waals surface area contributed by atoms with E-state index in [2.05, 4.69) is 20.6 Å². The van der Waals surface area contributed by atoms with Crippen LogP contribution in [0.4, 0.5) is 17.2 Å². The number of anilines is 3. The van der Waals surface area contributed by atoms with Crippen molar-refractivity contribution < 1.29 is 4.79 Å². The number of hydrogen-bond acceptors (Lipinski definition) is 5. The fraction of sp³-hybridized carbons (Fsp3) is 0.150. The fourth-order valence-corrected chi connectivity index (χ4v) is 2.60. The molecule has 3 rings (SSSR count). The molecule has 0 unspecified atom stereocenters. The average molecular weight is 382 g/mol. The lowest BCUT2D eigenvalue weighted by Crippen LogP contribution is -2.15. The first-order chi connectivity index (χ1) is 13.0. The van der Waals surface area contributed by atoms with Gasteiger partial charge in [0.05, 0.1) is 12.4 Å². The second kappa shape index (κ2) is 8.51. The Morgan fingerprint density at radius 3 is 2.41 bits per heavy atom. The first kappa shape index (κ1) is 18.7. The standard InChI is InChI=1S/C20H20ClN5O/c1-26(2)16-9-7-15(8-10-16)25-20(27)18-12-24-19(13-22-18)23-11-14-5-3-4-6-17(14)21/h3-10,12-13H,11H2,1-2H3,(H,23,24)(H,25,27). The van der Waals surface area contributed by atoms with Crippen molar-refractivity contribution in [3.63, 3.8) is 0 Å². The first-order valence-corrected chi connectivity index (χ1v) is 8.79. The summed E-state index contributed by atoms with van der Waals surface area (Å²) in [5.74, 6) is 0.263. The van der Waals surface area contributed by atoms with Crippen LogP contribution >= 0.6 is 11.6 Å². The summed E-state index contributed by atoms with van der Waals surface area (Å²) in [6.45, 7) is 0.526. The molecule has 1 aromatic heterocycles. The van der Waals surface area contributed by atoms with E-state index in [0.717, 1.165) is 11.3 Å². The van der Waals surface area contributed by atoms with Gasteiger partial charge in [0.25, 0.3) is 5.91 Å².